The van der Waals surface area contributed by atoms with Gasteiger partial charge in [0, 0.05) is 31.3 Å². The lowest BCUT2D eigenvalue weighted by atomic mass is 9.89. The second-order valence-electron chi connectivity index (χ2n) is 8.98. The van der Waals surface area contributed by atoms with Gasteiger partial charge in [0.25, 0.3) is 5.91 Å². The molecule has 4 nitrogen and oxygen atoms in total. The highest BCUT2D eigenvalue weighted by molar-refractivity contribution is 5.88. The minimum Gasteiger partial charge on any atom is -0.368 e. The topological polar surface area (TPSA) is 42.4 Å². The lowest BCUT2D eigenvalue weighted by Gasteiger charge is -2.33. The Balaban J connectivity index is 1.21. The number of pyridine rings is 1. The molecule has 5 rings (SSSR count). The number of piperidine rings is 1. The van der Waals surface area contributed by atoms with Gasteiger partial charge < -0.3 is 9.64 Å². The molecule has 3 heterocycles. The Morgan fingerprint density at radius 3 is 2.61 bits per heavy atom. The van der Waals surface area contributed by atoms with Gasteiger partial charge in [0.2, 0.25) is 0 Å². The van der Waals surface area contributed by atoms with E-state index in [0.29, 0.717) is 5.92 Å². The number of nitrogens with zero attached hydrogens (tertiary/aromatic N) is 2. The standard InChI is InChI=1S/C27H30N2O2/c1-19-24(11-10-23-4-2-14-28-26(19)23)22-8-6-20(7-9-22)18-21-12-15-29(16-13-21)27(30)25-5-3-17-31-25/h2,4,6-11,14,21,25H,3,5,12-13,15-18H2,1H3. The highest BCUT2D eigenvalue weighted by atomic mass is 16.5. The predicted molar refractivity (Wildman–Crippen MR) is 124 cm³/mol. The molecule has 2 aliphatic rings. The molecule has 0 aliphatic carbocycles. The van der Waals surface area contributed by atoms with E-state index in [2.05, 4.69) is 54.4 Å². The highest BCUT2D eigenvalue weighted by Gasteiger charge is 2.30. The molecule has 0 spiro atoms. The van der Waals surface area contributed by atoms with Crippen molar-refractivity contribution in [3.05, 3.63) is 65.9 Å². The van der Waals surface area contributed by atoms with Crippen LogP contribution in [-0.2, 0) is 16.0 Å². The van der Waals surface area contributed by atoms with E-state index in [4.69, 9.17) is 4.74 Å². The van der Waals surface area contributed by atoms with Crippen molar-refractivity contribution in [2.24, 2.45) is 5.92 Å². The highest BCUT2D eigenvalue weighted by Crippen LogP contribution is 2.30. The summed E-state index contributed by atoms with van der Waals surface area (Å²) in [7, 11) is 0. The van der Waals surface area contributed by atoms with Crippen molar-refractivity contribution < 1.29 is 9.53 Å². The van der Waals surface area contributed by atoms with Gasteiger partial charge in [-0.1, -0.05) is 42.5 Å². The molecule has 31 heavy (non-hydrogen) atoms. The normalized spacial score (nSPS) is 19.8. The van der Waals surface area contributed by atoms with E-state index in [9.17, 15) is 4.79 Å². The van der Waals surface area contributed by atoms with Crippen molar-refractivity contribution in [1.29, 1.82) is 0 Å². The van der Waals surface area contributed by atoms with Crippen molar-refractivity contribution >= 4 is 16.8 Å². The Morgan fingerprint density at radius 2 is 1.87 bits per heavy atom. The summed E-state index contributed by atoms with van der Waals surface area (Å²) >= 11 is 0. The molecular formula is C27H30N2O2. The molecule has 0 N–H and O–H groups in total. The Hall–Kier alpha value is -2.72. The third-order valence-corrected chi connectivity index (χ3v) is 6.95. The van der Waals surface area contributed by atoms with Crippen molar-refractivity contribution in [3.8, 4) is 11.1 Å². The first kappa shape index (κ1) is 20.2. The molecule has 0 saturated carbocycles. The largest absolute Gasteiger partial charge is 0.368 e. The van der Waals surface area contributed by atoms with Crippen LogP contribution in [0.3, 0.4) is 0 Å². The minimum atomic E-state index is -0.183. The van der Waals surface area contributed by atoms with Gasteiger partial charge in [0.1, 0.15) is 6.10 Å². The number of rotatable bonds is 4. The van der Waals surface area contributed by atoms with Crippen LogP contribution in [0.15, 0.2) is 54.7 Å². The molecular weight excluding hydrogens is 384 g/mol. The Morgan fingerprint density at radius 1 is 1.06 bits per heavy atom. The van der Waals surface area contributed by atoms with Crippen LogP contribution in [-0.4, -0.2) is 41.6 Å². The summed E-state index contributed by atoms with van der Waals surface area (Å²) in [5.74, 6) is 0.853. The second-order valence-corrected chi connectivity index (χ2v) is 8.98. The molecule has 3 aromatic rings. The van der Waals surface area contributed by atoms with E-state index in [1.807, 2.05) is 17.2 Å². The van der Waals surface area contributed by atoms with Gasteiger partial charge >= 0.3 is 0 Å². The number of fused-ring (bicyclic) bond motifs is 1. The fourth-order valence-electron chi connectivity index (χ4n) is 5.09. The van der Waals surface area contributed by atoms with Gasteiger partial charge in [0.15, 0.2) is 0 Å². The van der Waals surface area contributed by atoms with Gasteiger partial charge in [-0.15, -0.1) is 0 Å². The van der Waals surface area contributed by atoms with Crippen LogP contribution in [0.4, 0.5) is 0 Å². The molecule has 2 aromatic carbocycles. The molecule has 0 radical (unpaired) electrons. The summed E-state index contributed by atoms with van der Waals surface area (Å²) in [5, 5.41) is 1.18. The number of aromatic nitrogens is 1. The second kappa shape index (κ2) is 8.80. The van der Waals surface area contributed by atoms with Crippen molar-refractivity contribution in [3.63, 3.8) is 0 Å². The lowest BCUT2D eigenvalue weighted by Crippen LogP contribution is -2.44. The van der Waals surface area contributed by atoms with Crippen LogP contribution in [0.5, 0.6) is 0 Å². The summed E-state index contributed by atoms with van der Waals surface area (Å²) < 4.78 is 5.58. The zero-order valence-electron chi connectivity index (χ0n) is 18.2. The number of carbonyl (C=O) groups excluding carboxylic acids is 1. The minimum absolute atomic E-state index is 0.183. The van der Waals surface area contributed by atoms with Gasteiger partial charge in [-0.2, -0.15) is 0 Å². The van der Waals surface area contributed by atoms with E-state index in [0.717, 1.165) is 57.3 Å². The summed E-state index contributed by atoms with van der Waals surface area (Å²) in [6, 6.07) is 17.5. The maximum atomic E-state index is 12.5. The predicted octanol–water partition coefficient (Wildman–Crippen LogP) is 5.17. The molecule has 1 aromatic heterocycles. The molecule has 1 unspecified atom stereocenters. The quantitative estimate of drug-likeness (QED) is 0.591. The summed E-state index contributed by atoms with van der Waals surface area (Å²) in [4.78, 5) is 19.1. The van der Waals surface area contributed by atoms with E-state index in [1.54, 1.807) is 0 Å². The molecule has 4 heteroatoms. The molecule has 160 valence electrons. The molecule has 2 saturated heterocycles. The van der Waals surface area contributed by atoms with E-state index in [-0.39, 0.29) is 12.0 Å². The van der Waals surface area contributed by atoms with E-state index < -0.39 is 0 Å². The van der Waals surface area contributed by atoms with Gasteiger partial charge in [-0.3, -0.25) is 9.78 Å². The summed E-state index contributed by atoms with van der Waals surface area (Å²) in [6.45, 7) is 4.62. The zero-order chi connectivity index (χ0) is 21.2. The van der Waals surface area contributed by atoms with Crippen molar-refractivity contribution in [1.82, 2.24) is 9.88 Å². The Bertz CT molecular complexity index is 1060. The van der Waals surface area contributed by atoms with Crippen LogP contribution in [0.1, 0.15) is 36.8 Å². The van der Waals surface area contributed by atoms with Crippen LogP contribution < -0.4 is 0 Å². The monoisotopic (exact) mass is 414 g/mol. The molecule has 1 atom stereocenters. The maximum absolute atomic E-state index is 12.5. The van der Waals surface area contributed by atoms with Gasteiger partial charge in [0.05, 0.1) is 5.52 Å². The number of hydrogen-bond acceptors (Lipinski definition) is 3. The first-order valence-electron chi connectivity index (χ1n) is 11.5. The van der Waals surface area contributed by atoms with Crippen molar-refractivity contribution in [2.45, 2.75) is 45.1 Å². The molecule has 2 aliphatic heterocycles. The fraction of sp³-hybridized carbons (Fsp3) is 0.407. The molecule has 0 bridgehead atoms. The van der Waals surface area contributed by atoms with E-state index in [1.165, 1.54) is 27.6 Å². The third-order valence-electron chi connectivity index (χ3n) is 6.95. The Kier molecular flexibility index (Phi) is 5.73. The maximum Gasteiger partial charge on any atom is 0.251 e. The number of benzene rings is 2. The van der Waals surface area contributed by atoms with Crippen molar-refractivity contribution in [2.75, 3.05) is 19.7 Å². The zero-order valence-corrected chi connectivity index (χ0v) is 18.2. The lowest BCUT2D eigenvalue weighted by molar-refractivity contribution is -0.142. The first-order chi connectivity index (χ1) is 15.2. The van der Waals surface area contributed by atoms with Crippen LogP contribution >= 0.6 is 0 Å². The average Bonchev–Trinajstić information content (AvgIpc) is 3.35. The van der Waals surface area contributed by atoms with E-state index >= 15 is 0 Å². The van der Waals surface area contributed by atoms with Gasteiger partial charge in [-0.25, -0.2) is 0 Å². The van der Waals surface area contributed by atoms with Gasteiger partial charge in [-0.05, 0) is 73.3 Å². The smallest absolute Gasteiger partial charge is 0.251 e. The number of ether oxygens (including phenoxy) is 1. The fourth-order valence-corrected chi connectivity index (χ4v) is 5.09. The Labute approximate surface area is 184 Å². The number of likely N-dealkylation sites (tertiary alicyclic amines) is 1. The number of carbonyl (C=O) groups is 1. The van der Waals surface area contributed by atoms with Crippen LogP contribution in [0.2, 0.25) is 0 Å². The third kappa shape index (κ3) is 4.22. The number of aryl methyl sites for hydroxylation is 1. The van der Waals surface area contributed by atoms with Crippen LogP contribution in [0, 0.1) is 12.8 Å². The molecule has 1 amide bonds. The summed E-state index contributed by atoms with van der Waals surface area (Å²) in [6.07, 6.45) is 6.82. The average molecular weight is 415 g/mol. The SMILES string of the molecule is Cc1c(-c2ccc(CC3CCN(C(=O)C4CCCO4)CC3)cc2)ccc2cccnc12. The number of hydrogen-bond donors (Lipinski definition) is 0. The molecule has 2 fully saturated rings. The first-order valence-corrected chi connectivity index (χ1v) is 11.5. The summed E-state index contributed by atoms with van der Waals surface area (Å²) in [5.41, 5.74) is 6.18. The number of amides is 1. The van der Waals surface area contributed by atoms with Crippen LogP contribution in [0.25, 0.3) is 22.0 Å².